The fourth-order valence-corrected chi connectivity index (χ4v) is 4.55. The van der Waals surface area contributed by atoms with Crippen LogP contribution in [0.5, 0.6) is 0 Å². The summed E-state index contributed by atoms with van der Waals surface area (Å²) in [5.41, 5.74) is 4.22. The lowest BCUT2D eigenvalue weighted by atomic mass is 9.94. The first-order valence-corrected chi connectivity index (χ1v) is 13.5. The summed E-state index contributed by atoms with van der Waals surface area (Å²) in [6.45, 7) is 13.2. The number of rotatable bonds is 9. The predicted octanol–water partition coefficient (Wildman–Crippen LogP) is 8.68. The normalized spacial score (nSPS) is 17.5. The van der Waals surface area contributed by atoms with Gasteiger partial charge in [0.1, 0.15) is 0 Å². The van der Waals surface area contributed by atoms with Gasteiger partial charge in [0.2, 0.25) is 0 Å². The number of halogens is 3. The summed E-state index contributed by atoms with van der Waals surface area (Å²) in [5.74, 6) is 0.269. The lowest BCUT2D eigenvalue weighted by Crippen LogP contribution is -2.34. The lowest BCUT2D eigenvalue weighted by Gasteiger charge is -2.21. The molecule has 0 saturated carbocycles. The molecular weight excluding hydrogens is 457 g/mol. The summed E-state index contributed by atoms with van der Waals surface area (Å²) in [6.07, 6.45) is 2.34. The van der Waals surface area contributed by atoms with Gasteiger partial charge in [0.15, 0.2) is 0 Å². The third kappa shape index (κ3) is 8.06. The fraction of sp³-hybridized carbons (Fsp3) is 0.516. The number of allylic oxidation sites excluding steroid dienone is 1. The van der Waals surface area contributed by atoms with Crippen LogP contribution >= 0.6 is 0 Å². The SMILES string of the molecule is C/C=C(\N=C(C(C)CC)C1CCCN1)c1ccc(CCc2ccc(CC)cc2)c(C(F)(F)F)c1.CC. The van der Waals surface area contributed by atoms with Crippen molar-refractivity contribution in [1.29, 1.82) is 0 Å². The maximum atomic E-state index is 14.0. The molecule has 1 saturated heterocycles. The van der Waals surface area contributed by atoms with Gasteiger partial charge in [-0.3, -0.25) is 4.99 Å². The Kier molecular flexibility index (Phi) is 11.9. The number of aliphatic imine (C=N–C) groups is 1. The van der Waals surface area contributed by atoms with Crippen LogP contribution in [0, 0.1) is 5.92 Å². The largest absolute Gasteiger partial charge is 0.416 e. The van der Waals surface area contributed by atoms with Crippen molar-refractivity contribution in [2.75, 3.05) is 6.54 Å². The molecule has 0 spiro atoms. The van der Waals surface area contributed by atoms with E-state index in [2.05, 4.69) is 26.1 Å². The predicted molar refractivity (Wildman–Crippen MR) is 148 cm³/mol. The van der Waals surface area contributed by atoms with Crippen LogP contribution in [0.1, 0.15) is 88.6 Å². The molecule has 0 aromatic heterocycles. The number of nitrogens with zero attached hydrogens (tertiary/aromatic N) is 1. The topological polar surface area (TPSA) is 24.4 Å². The first kappa shape index (κ1) is 29.8. The highest BCUT2D eigenvalue weighted by Crippen LogP contribution is 2.35. The minimum absolute atomic E-state index is 0.199. The van der Waals surface area contributed by atoms with Crippen molar-refractivity contribution in [2.24, 2.45) is 10.9 Å². The van der Waals surface area contributed by atoms with Gasteiger partial charge in [-0.2, -0.15) is 13.2 Å². The van der Waals surface area contributed by atoms with Gasteiger partial charge in [0.05, 0.1) is 11.3 Å². The van der Waals surface area contributed by atoms with Crippen LogP contribution in [0.2, 0.25) is 0 Å². The molecule has 36 heavy (non-hydrogen) atoms. The van der Waals surface area contributed by atoms with Gasteiger partial charge < -0.3 is 5.32 Å². The van der Waals surface area contributed by atoms with E-state index in [-0.39, 0.29) is 12.0 Å². The molecule has 1 N–H and O–H groups in total. The molecule has 198 valence electrons. The highest BCUT2D eigenvalue weighted by atomic mass is 19.4. The number of nitrogens with one attached hydrogen (secondary N) is 1. The van der Waals surface area contributed by atoms with Crippen LogP contribution in [-0.4, -0.2) is 18.3 Å². The molecule has 2 atom stereocenters. The second-order valence-electron chi connectivity index (χ2n) is 9.21. The zero-order chi connectivity index (χ0) is 26.7. The van der Waals surface area contributed by atoms with Crippen molar-refractivity contribution < 1.29 is 13.2 Å². The summed E-state index contributed by atoms with van der Waals surface area (Å²) in [4.78, 5) is 4.93. The number of benzene rings is 2. The van der Waals surface area contributed by atoms with Gasteiger partial charge in [0.25, 0.3) is 0 Å². The molecule has 1 heterocycles. The van der Waals surface area contributed by atoms with Gasteiger partial charge in [-0.15, -0.1) is 0 Å². The zero-order valence-electron chi connectivity index (χ0n) is 22.8. The molecule has 1 fully saturated rings. The highest BCUT2D eigenvalue weighted by molar-refractivity contribution is 5.95. The first-order chi connectivity index (χ1) is 17.3. The first-order valence-electron chi connectivity index (χ1n) is 13.5. The van der Waals surface area contributed by atoms with E-state index < -0.39 is 11.7 Å². The molecule has 0 amide bonds. The van der Waals surface area contributed by atoms with E-state index in [1.807, 2.05) is 51.1 Å². The van der Waals surface area contributed by atoms with Crippen LogP contribution in [0.4, 0.5) is 13.2 Å². The molecule has 2 aromatic rings. The monoisotopic (exact) mass is 500 g/mol. The number of alkyl halides is 3. The Morgan fingerprint density at radius 2 is 1.72 bits per heavy atom. The van der Waals surface area contributed by atoms with E-state index in [4.69, 9.17) is 4.99 Å². The minimum atomic E-state index is -4.41. The van der Waals surface area contributed by atoms with Gasteiger partial charge in [-0.1, -0.05) is 77.1 Å². The molecule has 0 aliphatic carbocycles. The van der Waals surface area contributed by atoms with Crippen molar-refractivity contribution in [3.63, 3.8) is 0 Å². The standard InChI is InChI=1S/C29H37F3N2.C2H6/c1-5-20(4)28(27-9-8-18-33-27)34-26(7-3)24-17-16-23(25(19-24)29(30,31)32)15-14-22-12-10-21(6-2)11-13-22;1-2/h7,10-13,16-17,19-20,27,33H,5-6,8-9,14-15,18H2,1-4H3;1-2H3/b26-7-,34-28?;. The molecule has 0 radical (unpaired) electrons. The molecule has 3 rings (SSSR count). The van der Waals surface area contributed by atoms with Crippen LogP contribution < -0.4 is 5.32 Å². The molecule has 1 aliphatic rings. The number of hydrogen-bond acceptors (Lipinski definition) is 2. The van der Waals surface area contributed by atoms with E-state index in [9.17, 15) is 13.2 Å². The molecule has 1 aliphatic heterocycles. The molecule has 2 unspecified atom stereocenters. The summed E-state index contributed by atoms with van der Waals surface area (Å²) >= 11 is 0. The van der Waals surface area contributed by atoms with Crippen molar-refractivity contribution in [3.05, 3.63) is 76.4 Å². The summed E-state index contributed by atoms with van der Waals surface area (Å²) < 4.78 is 42.1. The maximum absolute atomic E-state index is 14.0. The van der Waals surface area contributed by atoms with E-state index in [0.29, 0.717) is 29.7 Å². The Balaban J connectivity index is 0.00000222. The van der Waals surface area contributed by atoms with Crippen molar-refractivity contribution in [3.8, 4) is 0 Å². The Bertz CT molecular complexity index is 997. The van der Waals surface area contributed by atoms with E-state index in [0.717, 1.165) is 43.5 Å². The van der Waals surface area contributed by atoms with Crippen LogP contribution in [0.3, 0.4) is 0 Å². The van der Waals surface area contributed by atoms with E-state index >= 15 is 0 Å². The third-order valence-corrected chi connectivity index (χ3v) is 6.88. The summed E-state index contributed by atoms with van der Waals surface area (Å²) in [6, 6.07) is 13.0. The fourth-order valence-electron chi connectivity index (χ4n) is 4.55. The Morgan fingerprint density at radius 1 is 1.06 bits per heavy atom. The van der Waals surface area contributed by atoms with Crippen molar-refractivity contribution in [1.82, 2.24) is 5.32 Å². The van der Waals surface area contributed by atoms with Gasteiger partial charge in [-0.25, -0.2) is 0 Å². The summed E-state index contributed by atoms with van der Waals surface area (Å²) in [5, 5.41) is 3.50. The smallest absolute Gasteiger partial charge is 0.309 e. The molecule has 2 aromatic carbocycles. The van der Waals surface area contributed by atoms with Crippen LogP contribution in [0.25, 0.3) is 5.70 Å². The molecule has 0 bridgehead atoms. The number of hydrogen-bond donors (Lipinski definition) is 1. The second kappa shape index (κ2) is 14.4. The number of aryl methyl sites for hydroxylation is 3. The zero-order valence-corrected chi connectivity index (χ0v) is 22.8. The van der Waals surface area contributed by atoms with Gasteiger partial charge in [-0.05, 0) is 80.7 Å². The molecular formula is C31H43F3N2. The van der Waals surface area contributed by atoms with Crippen LogP contribution in [-0.2, 0) is 25.4 Å². The average Bonchev–Trinajstić information content (AvgIpc) is 3.43. The van der Waals surface area contributed by atoms with Gasteiger partial charge >= 0.3 is 6.18 Å². The second-order valence-corrected chi connectivity index (χ2v) is 9.21. The third-order valence-electron chi connectivity index (χ3n) is 6.88. The van der Waals surface area contributed by atoms with E-state index in [1.165, 1.54) is 11.6 Å². The average molecular weight is 501 g/mol. The lowest BCUT2D eigenvalue weighted by molar-refractivity contribution is -0.138. The molecule has 5 heteroatoms. The molecule has 2 nitrogen and oxygen atoms in total. The Hall–Kier alpha value is -2.40. The summed E-state index contributed by atoms with van der Waals surface area (Å²) in [7, 11) is 0. The van der Waals surface area contributed by atoms with Crippen LogP contribution in [0.15, 0.2) is 53.5 Å². The van der Waals surface area contributed by atoms with Crippen molar-refractivity contribution >= 4 is 11.4 Å². The maximum Gasteiger partial charge on any atom is 0.416 e. The highest BCUT2D eigenvalue weighted by Gasteiger charge is 2.34. The Morgan fingerprint density at radius 3 is 2.25 bits per heavy atom. The Labute approximate surface area is 216 Å². The quantitative estimate of drug-likeness (QED) is 0.342. The van der Waals surface area contributed by atoms with Gasteiger partial charge in [0, 0.05) is 17.3 Å². The minimum Gasteiger partial charge on any atom is -0.309 e. The van der Waals surface area contributed by atoms with Crippen molar-refractivity contribution in [2.45, 2.75) is 92.3 Å². The van der Waals surface area contributed by atoms with E-state index in [1.54, 1.807) is 12.1 Å².